The van der Waals surface area contributed by atoms with Crippen molar-refractivity contribution in [3.05, 3.63) is 12.3 Å². The zero-order valence-corrected chi connectivity index (χ0v) is 5.54. The summed E-state index contributed by atoms with van der Waals surface area (Å²) in [7, 11) is 0. The molecule has 56 valence electrons. The van der Waals surface area contributed by atoms with Crippen LogP contribution in [0.1, 0.15) is 6.92 Å². The average Bonchev–Trinajstić information content (AvgIpc) is 1.88. The first kappa shape index (κ1) is 7.18. The molecule has 1 heterocycles. The maximum atomic E-state index is 12.0. The van der Waals surface area contributed by atoms with Gasteiger partial charge in [0, 0.05) is 12.4 Å². The summed E-state index contributed by atoms with van der Waals surface area (Å²) in [4.78, 5) is 4.66. The Morgan fingerprint density at radius 2 is 2.30 bits per heavy atom. The minimum absolute atomic E-state index is 0.440. The molecular formula is C6H8F2N2. The summed E-state index contributed by atoms with van der Waals surface area (Å²) in [5, 5.41) is 0. The second kappa shape index (κ2) is 2.77. The molecule has 1 rings (SSSR count). The fraction of sp³-hybridized carbons (Fsp3) is 0.500. The fourth-order valence-electron chi connectivity index (χ4n) is 0.742. The van der Waals surface area contributed by atoms with E-state index in [0.29, 0.717) is 0 Å². The van der Waals surface area contributed by atoms with Crippen LogP contribution in [0.15, 0.2) is 17.3 Å². The molecule has 1 unspecified atom stereocenters. The standard InChI is InChI=1S/C6H8F2N2/c1-5-9-3-2-4-10(5)6(7)8/h2-6H,1H3. The molecule has 0 saturated carbocycles. The van der Waals surface area contributed by atoms with E-state index in [9.17, 15) is 8.78 Å². The molecule has 0 spiro atoms. The molecule has 0 aromatic rings. The van der Waals surface area contributed by atoms with E-state index < -0.39 is 12.7 Å². The number of aliphatic imine (C=N–C) groups is 1. The van der Waals surface area contributed by atoms with E-state index >= 15 is 0 Å². The molecule has 0 aromatic carbocycles. The maximum Gasteiger partial charge on any atom is 0.316 e. The van der Waals surface area contributed by atoms with Gasteiger partial charge in [0.15, 0.2) is 0 Å². The van der Waals surface area contributed by atoms with Gasteiger partial charge in [-0.15, -0.1) is 0 Å². The van der Waals surface area contributed by atoms with Gasteiger partial charge in [-0.3, -0.25) is 4.99 Å². The molecule has 1 aliphatic heterocycles. The summed E-state index contributed by atoms with van der Waals surface area (Å²) in [6.45, 7) is -0.838. The van der Waals surface area contributed by atoms with Crippen LogP contribution in [0.25, 0.3) is 0 Å². The quantitative estimate of drug-likeness (QED) is 0.511. The molecule has 0 radical (unpaired) electrons. The van der Waals surface area contributed by atoms with E-state index in [1.807, 2.05) is 0 Å². The van der Waals surface area contributed by atoms with Crippen LogP contribution < -0.4 is 0 Å². The highest BCUT2D eigenvalue weighted by Gasteiger charge is 2.18. The molecule has 1 aliphatic rings. The number of halogens is 2. The van der Waals surface area contributed by atoms with Gasteiger partial charge in [-0.1, -0.05) is 0 Å². The Kier molecular flexibility index (Phi) is 1.99. The Morgan fingerprint density at radius 3 is 2.70 bits per heavy atom. The van der Waals surface area contributed by atoms with Crippen LogP contribution in [0.5, 0.6) is 0 Å². The van der Waals surface area contributed by atoms with Gasteiger partial charge in [0.25, 0.3) is 0 Å². The molecule has 0 fully saturated rings. The minimum atomic E-state index is -2.45. The number of allylic oxidation sites excluding steroid dienone is 1. The maximum absolute atomic E-state index is 12.0. The Hall–Kier alpha value is -0.930. The molecule has 2 nitrogen and oxygen atoms in total. The zero-order chi connectivity index (χ0) is 7.56. The Balaban J connectivity index is 2.61. The highest BCUT2D eigenvalue weighted by Crippen LogP contribution is 2.11. The number of hydrogen-bond acceptors (Lipinski definition) is 2. The summed E-state index contributed by atoms with van der Waals surface area (Å²) < 4.78 is 23.9. The third-order valence-electron chi connectivity index (χ3n) is 1.30. The lowest BCUT2D eigenvalue weighted by molar-refractivity contribution is -0.0143. The highest BCUT2D eigenvalue weighted by molar-refractivity contribution is 5.71. The predicted molar refractivity (Wildman–Crippen MR) is 34.9 cm³/mol. The Morgan fingerprint density at radius 1 is 1.60 bits per heavy atom. The second-order valence-electron chi connectivity index (χ2n) is 2.00. The van der Waals surface area contributed by atoms with Gasteiger partial charge < -0.3 is 4.90 Å². The van der Waals surface area contributed by atoms with Crippen LogP contribution in [0, 0.1) is 0 Å². The van der Waals surface area contributed by atoms with Gasteiger partial charge in [0.05, 0.1) is 0 Å². The van der Waals surface area contributed by atoms with Gasteiger partial charge in [-0.2, -0.15) is 8.78 Å². The largest absolute Gasteiger partial charge is 0.316 e. The van der Waals surface area contributed by atoms with Crippen molar-refractivity contribution in [1.29, 1.82) is 0 Å². The number of hydrogen-bond donors (Lipinski definition) is 0. The van der Waals surface area contributed by atoms with Gasteiger partial charge in [0.2, 0.25) is 0 Å². The Bertz CT molecular complexity index is 165. The molecule has 1 atom stereocenters. The van der Waals surface area contributed by atoms with Crippen LogP contribution in [-0.2, 0) is 0 Å². The van der Waals surface area contributed by atoms with Crippen LogP contribution in [0.3, 0.4) is 0 Å². The van der Waals surface area contributed by atoms with Crippen LogP contribution in [0.2, 0.25) is 0 Å². The predicted octanol–water partition coefficient (Wildman–Crippen LogP) is 1.46. The van der Waals surface area contributed by atoms with E-state index in [-0.39, 0.29) is 0 Å². The molecule has 0 N–H and O–H groups in total. The monoisotopic (exact) mass is 146 g/mol. The van der Waals surface area contributed by atoms with Crippen LogP contribution in [0.4, 0.5) is 8.78 Å². The molecule has 4 heteroatoms. The van der Waals surface area contributed by atoms with Crippen molar-refractivity contribution in [3.63, 3.8) is 0 Å². The normalized spacial score (nSPS) is 24.4. The molecule has 0 aliphatic carbocycles. The second-order valence-corrected chi connectivity index (χ2v) is 2.00. The van der Waals surface area contributed by atoms with Gasteiger partial charge in [0.1, 0.15) is 6.17 Å². The summed E-state index contributed by atoms with van der Waals surface area (Å²) in [6.07, 6.45) is 3.91. The SMILES string of the molecule is CC1N=CC=CN1C(F)F. The van der Waals surface area contributed by atoms with E-state index in [0.717, 1.165) is 4.90 Å². The highest BCUT2D eigenvalue weighted by atomic mass is 19.3. The number of nitrogens with zero attached hydrogens (tertiary/aromatic N) is 2. The van der Waals surface area contributed by atoms with Crippen molar-refractivity contribution in [2.24, 2.45) is 4.99 Å². The fourth-order valence-corrected chi connectivity index (χ4v) is 0.742. The molecule has 0 bridgehead atoms. The van der Waals surface area contributed by atoms with Crippen molar-refractivity contribution in [3.8, 4) is 0 Å². The lowest BCUT2D eigenvalue weighted by Crippen LogP contribution is -2.32. The lowest BCUT2D eigenvalue weighted by Gasteiger charge is -2.25. The average molecular weight is 146 g/mol. The topological polar surface area (TPSA) is 15.6 Å². The zero-order valence-electron chi connectivity index (χ0n) is 5.54. The first-order valence-corrected chi connectivity index (χ1v) is 2.97. The summed E-state index contributed by atoms with van der Waals surface area (Å²) >= 11 is 0. The first-order valence-electron chi connectivity index (χ1n) is 2.97. The van der Waals surface area contributed by atoms with Crippen LogP contribution >= 0.6 is 0 Å². The van der Waals surface area contributed by atoms with E-state index in [4.69, 9.17) is 0 Å². The third kappa shape index (κ3) is 1.32. The minimum Gasteiger partial charge on any atom is -0.301 e. The smallest absolute Gasteiger partial charge is 0.301 e. The summed E-state index contributed by atoms with van der Waals surface area (Å²) in [5.74, 6) is 0. The lowest BCUT2D eigenvalue weighted by atomic mass is 10.4. The van der Waals surface area contributed by atoms with Gasteiger partial charge >= 0.3 is 6.55 Å². The molecule has 0 saturated heterocycles. The van der Waals surface area contributed by atoms with Crippen molar-refractivity contribution < 1.29 is 8.78 Å². The molecule has 0 aromatic heterocycles. The van der Waals surface area contributed by atoms with Crippen molar-refractivity contribution in [2.45, 2.75) is 19.6 Å². The summed E-state index contributed by atoms with van der Waals surface area (Å²) in [5.41, 5.74) is 0. The molecule has 10 heavy (non-hydrogen) atoms. The van der Waals surface area contributed by atoms with E-state index in [2.05, 4.69) is 4.99 Å². The van der Waals surface area contributed by atoms with E-state index in [1.165, 1.54) is 18.5 Å². The Labute approximate surface area is 57.9 Å². The first-order chi connectivity index (χ1) is 4.72. The third-order valence-corrected chi connectivity index (χ3v) is 1.30. The number of rotatable bonds is 1. The van der Waals surface area contributed by atoms with Crippen molar-refractivity contribution in [2.75, 3.05) is 0 Å². The van der Waals surface area contributed by atoms with Crippen molar-refractivity contribution >= 4 is 6.21 Å². The number of alkyl halides is 2. The van der Waals surface area contributed by atoms with Crippen LogP contribution in [-0.4, -0.2) is 23.8 Å². The summed E-state index contributed by atoms with van der Waals surface area (Å²) in [6, 6.07) is 0. The van der Waals surface area contributed by atoms with Crippen molar-refractivity contribution in [1.82, 2.24) is 4.90 Å². The van der Waals surface area contributed by atoms with Gasteiger partial charge in [-0.05, 0) is 13.0 Å². The van der Waals surface area contributed by atoms with E-state index in [1.54, 1.807) is 6.92 Å². The molecule has 0 amide bonds. The van der Waals surface area contributed by atoms with Gasteiger partial charge in [-0.25, -0.2) is 0 Å². The molecular weight excluding hydrogens is 138 g/mol.